The Morgan fingerprint density at radius 2 is 1.59 bits per heavy atom. The second kappa shape index (κ2) is 8.37. The standard InChI is InChI=1S/C27H22N4O3/c28-25(29)20-9-8-18-7-6-17(14-21(18)15-20)16-30-26(33)24(19-4-2-1-3-5-19)31(27(30)34)22-10-12-23(32)13-11-22/h1-15,24,32H,16H2,(H3,28,29). The summed E-state index contributed by atoms with van der Waals surface area (Å²) >= 11 is 0. The quantitative estimate of drug-likeness (QED) is 0.235. The van der Waals surface area contributed by atoms with Gasteiger partial charge >= 0.3 is 6.03 Å². The maximum absolute atomic E-state index is 13.5. The number of amides is 3. The van der Waals surface area contributed by atoms with Gasteiger partial charge < -0.3 is 10.8 Å². The van der Waals surface area contributed by atoms with E-state index < -0.39 is 12.1 Å². The van der Waals surface area contributed by atoms with Gasteiger partial charge in [-0.2, -0.15) is 0 Å². The number of hydrogen-bond acceptors (Lipinski definition) is 4. The van der Waals surface area contributed by atoms with E-state index >= 15 is 0 Å². The fourth-order valence-corrected chi connectivity index (χ4v) is 4.28. The number of nitrogens with one attached hydrogen (secondary N) is 1. The number of nitrogens with two attached hydrogens (primary N) is 1. The van der Waals surface area contributed by atoms with E-state index in [-0.39, 0.29) is 24.0 Å². The Kier molecular flexibility index (Phi) is 5.22. The highest BCUT2D eigenvalue weighted by atomic mass is 16.3. The fraction of sp³-hybridized carbons (Fsp3) is 0.0741. The van der Waals surface area contributed by atoms with Gasteiger partial charge in [-0.25, -0.2) is 4.79 Å². The minimum absolute atomic E-state index is 0.0209. The summed E-state index contributed by atoms with van der Waals surface area (Å²) in [6, 6.07) is 25.4. The molecular formula is C27H22N4O3. The van der Waals surface area contributed by atoms with Crippen LogP contribution in [0.25, 0.3) is 10.8 Å². The maximum Gasteiger partial charge on any atom is 0.332 e. The SMILES string of the molecule is N=C(N)c1ccc2ccc(CN3C(=O)C(c4ccccc4)N(c4ccc(O)cc4)C3=O)cc2c1. The van der Waals surface area contributed by atoms with Crippen molar-refractivity contribution in [2.45, 2.75) is 12.6 Å². The Labute approximate surface area is 196 Å². The lowest BCUT2D eigenvalue weighted by Crippen LogP contribution is -2.32. The van der Waals surface area contributed by atoms with Crippen LogP contribution in [0.1, 0.15) is 22.7 Å². The molecule has 1 heterocycles. The van der Waals surface area contributed by atoms with Gasteiger partial charge in [-0.1, -0.05) is 54.6 Å². The Morgan fingerprint density at radius 1 is 0.882 bits per heavy atom. The molecule has 7 heteroatoms. The van der Waals surface area contributed by atoms with Gasteiger partial charge in [0, 0.05) is 11.3 Å². The summed E-state index contributed by atoms with van der Waals surface area (Å²) in [6.07, 6.45) is 0. The van der Waals surface area contributed by atoms with Gasteiger partial charge in [0.1, 0.15) is 17.6 Å². The van der Waals surface area contributed by atoms with Gasteiger partial charge in [-0.05, 0) is 58.3 Å². The van der Waals surface area contributed by atoms with Crippen molar-refractivity contribution in [3.63, 3.8) is 0 Å². The molecule has 1 aliphatic heterocycles. The topological polar surface area (TPSA) is 111 Å². The van der Waals surface area contributed by atoms with Gasteiger partial charge in [0.05, 0.1) is 6.54 Å². The number of urea groups is 1. The third-order valence-electron chi connectivity index (χ3n) is 5.99. The van der Waals surface area contributed by atoms with Crippen LogP contribution < -0.4 is 10.6 Å². The maximum atomic E-state index is 13.5. The molecule has 5 rings (SSSR count). The first-order valence-electron chi connectivity index (χ1n) is 10.8. The molecule has 0 aromatic heterocycles. The number of hydrogen-bond donors (Lipinski definition) is 3. The number of fused-ring (bicyclic) bond motifs is 1. The third kappa shape index (κ3) is 3.73. The molecule has 1 fully saturated rings. The number of phenols is 1. The van der Waals surface area contributed by atoms with Gasteiger partial charge in [0.25, 0.3) is 5.91 Å². The predicted molar refractivity (Wildman–Crippen MR) is 131 cm³/mol. The van der Waals surface area contributed by atoms with Crippen molar-refractivity contribution in [1.29, 1.82) is 5.41 Å². The predicted octanol–water partition coefficient (Wildman–Crippen LogP) is 4.54. The minimum Gasteiger partial charge on any atom is -0.508 e. The van der Waals surface area contributed by atoms with Crippen LogP contribution in [-0.2, 0) is 11.3 Å². The monoisotopic (exact) mass is 450 g/mol. The number of carbonyl (C=O) groups excluding carboxylic acids is 2. The van der Waals surface area contributed by atoms with Crippen molar-refractivity contribution in [2.24, 2.45) is 5.73 Å². The van der Waals surface area contributed by atoms with Crippen LogP contribution in [0.2, 0.25) is 0 Å². The second-order valence-electron chi connectivity index (χ2n) is 8.22. The summed E-state index contributed by atoms with van der Waals surface area (Å²) in [5, 5.41) is 19.2. The largest absolute Gasteiger partial charge is 0.508 e. The second-order valence-corrected chi connectivity index (χ2v) is 8.22. The average Bonchev–Trinajstić information content (AvgIpc) is 3.09. The highest BCUT2D eigenvalue weighted by Gasteiger charge is 2.46. The molecule has 1 atom stereocenters. The molecule has 3 amide bonds. The molecule has 168 valence electrons. The number of aromatic hydroxyl groups is 1. The van der Waals surface area contributed by atoms with Crippen molar-refractivity contribution in [2.75, 3.05) is 4.90 Å². The third-order valence-corrected chi connectivity index (χ3v) is 5.99. The van der Waals surface area contributed by atoms with Crippen molar-refractivity contribution >= 4 is 34.2 Å². The number of nitrogens with zero attached hydrogens (tertiary/aromatic N) is 2. The summed E-state index contributed by atoms with van der Waals surface area (Å²) < 4.78 is 0. The van der Waals surface area contributed by atoms with Crippen LogP contribution in [-0.4, -0.2) is 27.8 Å². The Bertz CT molecular complexity index is 1420. The van der Waals surface area contributed by atoms with E-state index in [1.807, 2.05) is 60.7 Å². The van der Waals surface area contributed by atoms with Crippen molar-refractivity contribution < 1.29 is 14.7 Å². The van der Waals surface area contributed by atoms with Crippen LogP contribution in [0.15, 0.2) is 91.0 Å². The zero-order valence-electron chi connectivity index (χ0n) is 18.2. The van der Waals surface area contributed by atoms with Crippen LogP contribution in [0, 0.1) is 5.41 Å². The molecule has 1 aliphatic rings. The number of benzene rings is 4. The highest BCUT2D eigenvalue weighted by molar-refractivity contribution is 6.14. The number of anilines is 1. The Balaban J connectivity index is 1.52. The molecule has 0 saturated carbocycles. The average molecular weight is 450 g/mol. The molecule has 0 bridgehead atoms. The summed E-state index contributed by atoms with van der Waals surface area (Å²) in [5.74, 6) is -0.259. The number of rotatable bonds is 5. The zero-order chi connectivity index (χ0) is 23.8. The Hall–Kier alpha value is -4.65. The Morgan fingerprint density at radius 3 is 2.29 bits per heavy atom. The van der Waals surface area contributed by atoms with Crippen molar-refractivity contribution in [3.05, 3.63) is 108 Å². The number of phenolic OH excluding ortho intramolecular Hbond substituents is 1. The molecule has 34 heavy (non-hydrogen) atoms. The fourth-order valence-electron chi connectivity index (χ4n) is 4.28. The van der Waals surface area contributed by atoms with Gasteiger partial charge in [-0.3, -0.25) is 20.0 Å². The molecule has 7 nitrogen and oxygen atoms in total. The van der Waals surface area contributed by atoms with E-state index in [0.29, 0.717) is 16.8 Å². The lowest BCUT2D eigenvalue weighted by Gasteiger charge is -2.22. The molecule has 0 aliphatic carbocycles. The summed E-state index contributed by atoms with van der Waals surface area (Å²) in [7, 11) is 0. The van der Waals surface area contributed by atoms with E-state index in [4.69, 9.17) is 11.1 Å². The smallest absolute Gasteiger partial charge is 0.332 e. The van der Waals surface area contributed by atoms with Gasteiger partial charge in [0.2, 0.25) is 0 Å². The lowest BCUT2D eigenvalue weighted by molar-refractivity contribution is -0.127. The summed E-state index contributed by atoms with van der Waals surface area (Å²) in [6.45, 7) is 0.107. The van der Waals surface area contributed by atoms with Crippen LogP contribution in [0.4, 0.5) is 10.5 Å². The molecule has 0 spiro atoms. The first-order valence-corrected chi connectivity index (χ1v) is 10.8. The number of nitrogen functional groups attached to an aromatic ring is 1. The van der Waals surface area contributed by atoms with E-state index in [9.17, 15) is 14.7 Å². The van der Waals surface area contributed by atoms with Crippen LogP contribution in [0.3, 0.4) is 0 Å². The number of carbonyl (C=O) groups is 2. The van der Waals surface area contributed by atoms with E-state index in [1.165, 1.54) is 21.9 Å². The first kappa shape index (κ1) is 21.2. The zero-order valence-corrected chi connectivity index (χ0v) is 18.2. The summed E-state index contributed by atoms with van der Waals surface area (Å²) in [5.41, 5.74) is 8.26. The summed E-state index contributed by atoms with van der Waals surface area (Å²) in [4.78, 5) is 29.8. The molecule has 1 unspecified atom stereocenters. The van der Waals surface area contributed by atoms with E-state index in [1.54, 1.807) is 18.2 Å². The lowest BCUT2D eigenvalue weighted by atomic mass is 10.0. The molecular weight excluding hydrogens is 428 g/mol. The molecule has 0 radical (unpaired) electrons. The number of amidine groups is 1. The number of imide groups is 1. The van der Waals surface area contributed by atoms with E-state index in [2.05, 4.69) is 0 Å². The normalized spacial score (nSPS) is 15.8. The highest BCUT2D eigenvalue weighted by Crippen LogP contribution is 2.37. The van der Waals surface area contributed by atoms with Crippen molar-refractivity contribution in [1.82, 2.24) is 4.90 Å². The van der Waals surface area contributed by atoms with Gasteiger partial charge in [0.15, 0.2) is 0 Å². The molecule has 4 N–H and O–H groups in total. The molecule has 1 saturated heterocycles. The van der Waals surface area contributed by atoms with Crippen molar-refractivity contribution in [3.8, 4) is 5.75 Å². The van der Waals surface area contributed by atoms with E-state index in [0.717, 1.165) is 16.3 Å². The first-order chi connectivity index (χ1) is 16.4. The molecule has 4 aromatic rings. The van der Waals surface area contributed by atoms with Crippen LogP contribution >= 0.6 is 0 Å². The van der Waals surface area contributed by atoms with Crippen LogP contribution in [0.5, 0.6) is 5.75 Å². The molecule has 4 aromatic carbocycles. The minimum atomic E-state index is -0.803. The van der Waals surface area contributed by atoms with Gasteiger partial charge in [-0.15, -0.1) is 0 Å².